The van der Waals surface area contributed by atoms with E-state index in [4.69, 9.17) is 5.11 Å². The fraction of sp³-hybridized carbons (Fsp3) is 0.455. The Morgan fingerprint density at radius 3 is 2.93 bits per heavy atom. The molecule has 2 nitrogen and oxygen atoms in total. The predicted octanol–water partition coefficient (Wildman–Crippen LogP) is 2.23. The normalized spacial score (nSPS) is 10.5. The van der Waals surface area contributed by atoms with Crippen molar-refractivity contribution in [2.75, 3.05) is 13.2 Å². The van der Waals surface area contributed by atoms with Gasteiger partial charge in [-0.05, 0) is 37.1 Å². The van der Waals surface area contributed by atoms with Crippen LogP contribution in [0.5, 0.6) is 0 Å². The number of rotatable bonds is 5. The van der Waals surface area contributed by atoms with Crippen LogP contribution >= 0.6 is 15.9 Å². The van der Waals surface area contributed by atoms with Gasteiger partial charge in [0.15, 0.2) is 0 Å². The Labute approximate surface area is 93.5 Å². The van der Waals surface area contributed by atoms with Gasteiger partial charge in [0.1, 0.15) is 0 Å². The SMILES string of the molecule is Cc1c(Br)cccc1CNCCCO. The number of aliphatic hydroxyl groups excluding tert-OH is 1. The lowest BCUT2D eigenvalue weighted by atomic mass is 10.1. The van der Waals surface area contributed by atoms with Crippen molar-refractivity contribution >= 4 is 15.9 Å². The first kappa shape index (κ1) is 11.7. The van der Waals surface area contributed by atoms with E-state index in [0.29, 0.717) is 0 Å². The summed E-state index contributed by atoms with van der Waals surface area (Å²) in [5.41, 5.74) is 2.58. The summed E-state index contributed by atoms with van der Waals surface area (Å²) in [5.74, 6) is 0. The second-order valence-corrected chi connectivity index (χ2v) is 4.13. The van der Waals surface area contributed by atoms with Crippen molar-refractivity contribution in [2.24, 2.45) is 0 Å². The fourth-order valence-electron chi connectivity index (χ4n) is 1.27. The Morgan fingerprint density at radius 1 is 1.43 bits per heavy atom. The van der Waals surface area contributed by atoms with Crippen LogP contribution in [-0.4, -0.2) is 18.3 Å². The number of nitrogens with one attached hydrogen (secondary N) is 1. The summed E-state index contributed by atoms with van der Waals surface area (Å²) >= 11 is 3.50. The Bertz CT molecular complexity index is 289. The van der Waals surface area contributed by atoms with Gasteiger partial charge in [-0.25, -0.2) is 0 Å². The monoisotopic (exact) mass is 257 g/mol. The molecule has 0 saturated heterocycles. The fourth-order valence-corrected chi connectivity index (χ4v) is 1.68. The maximum atomic E-state index is 8.61. The molecule has 0 atom stereocenters. The third-order valence-electron chi connectivity index (χ3n) is 2.21. The molecule has 1 aromatic rings. The van der Waals surface area contributed by atoms with Crippen LogP contribution in [0.3, 0.4) is 0 Å². The van der Waals surface area contributed by atoms with E-state index in [1.807, 2.05) is 12.1 Å². The molecule has 0 amide bonds. The quantitative estimate of drug-likeness (QED) is 0.794. The van der Waals surface area contributed by atoms with Crippen LogP contribution in [0.1, 0.15) is 17.5 Å². The number of benzene rings is 1. The van der Waals surface area contributed by atoms with E-state index >= 15 is 0 Å². The number of halogens is 1. The molecule has 0 fully saturated rings. The molecule has 0 aliphatic rings. The zero-order valence-corrected chi connectivity index (χ0v) is 9.97. The van der Waals surface area contributed by atoms with Crippen LogP contribution in [0.4, 0.5) is 0 Å². The molecule has 3 heteroatoms. The van der Waals surface area contributed by atoms with Crippen molar-refractivity contribution in [3.05, 3.63) is 33.8 Å². The van der Waals surface area contributed by atoms with E-state index in [-0.39, 0.29) is 6.61 Å². The van der Waals surface area contributed by atoms with Crippen molar-refractivity contribution in [3.63, 3.8) is 0 Å². The van der Waals surface area contributed by atoms with Gasteiger partial charge in [0, 0.05) is 17.6 Å². The molecule has 0 unspecified atom stereocenters. The lowest BCUT2D eigenvalue weighted by Gasteiger charge is -2.08. The second kappa shape index (κ2) is 6.17. The Kier molecular flexibility index (Phi) is 5.15. The van der Waals surface area contributed by atoms with Gasteiger partial charge < -0.3 is 10.4 Å². The molecule has 0 radical (unpaired) electrons. The summed E-state index contributed by atoms with van der Waals surface area (Å²) in [6.45, 7) is 4.09. The van der Waals surface area contributed by atoms with Crippen LogP contribution in [0.2, 0.25) is 0 Å². The average molecular weight is 258 g/mol. The number of hydrogen-bond acceptors (Lipinski definition) is 2. The third-order valence-corrected chi connectivity index (χ3v) is 3.07. The maximum Gasteiger partial charge on any atom is 0.0443 e. The summed E-state index contributed by atoms with van der Waals surface area (Å²) in [4.78, 5) is 0. The highest BCUT2D eigenvalue weighted by molar-refractivity contribution is 9.10. The molecule has 0 aliphatic heterocycles. The minimum Gasteiger partial charge on any atom is -0.396 e. The van der Waals surface area contributed by atoms with Gasteiger partial charge in [-0.3, -0.25) is 0 Å². The molecular weight excluding hydrogens is 242 g/mol. The molecule has 78 valence electrons. The summed E-state index contributed by atoms with van der Waals surface area (Å²) in [6.07, 6.45) is 0.813. The van der Waals surface area contributed by atoms with E-state index in [0.717, 1.165) is 24.0 Å². The first-order chi connectivity index (χ1) is 6.75. The van der Waals surface area contributed by atoms with E-state index in [2.05, 4.69) is 34.2 Å². The van der Waals surface area contributed by atoms with Crippen LogP contribution in [-0.2, 0) is 6.54 Å². The van der Waals surface area contributed by atoms with Crippen LogP contribution in [0.15, 0.2) is 22.7 Å². The molecule has 0 aromatic heterocycles. The lowest BCUT2D eigenvalue weighted by Crippen LogP contribution is -2.16. The Morgan fingerprint density at radius 2 is 2.21 bits per heavy atom. The Hall–Kier alpha value is -0.380. The van der Waals surface area contributed by atoms with Crippen molar-refractivity contribution < 1.29 is 5.11 Å². The molecule has 0 heterocycles. The largest absolute Gasteiger partial charge is 0.396 e. The topological polar surface area (TPSA) is 32.3 Å². The highest BCUT2D eigenvalue weighted by Gasteiger charge is 2.00. The molecular formula is C11H16BrNO. The minimum absolute atomic E-state index is 0.254. The molecule has 0 aliphatic carbocycles. The average Bonchev–Trinajstić information content (AvgIpc) is 2.19. The van der Waals surface area contributed by atoms with E-state index in [9.17, 15) is 0 Å². The Balaban J connectivity index is 2.46. The van der Waals surface area contributed by atoms with Gasteiger partial charge in [0.05, 0.1) is 0 Å². The van der Waals surface area contributed by atoms with Crippen molar-refractivity contribution in [1.82, 2.24) is 5.32 Å². The molecule has 0 bridgehead atoms. The zero-order valence-electron chi connectivity index (χ0n) is 8.39. The van der Waals surface area contributed by atoms with E-state index < -0.39 is 0 Å². The molecule has 0 saturated carbocycles. The smallest absolute Gasteiger partial charge is 0.0443 e. The predicted molar refractivity (Wildman–Crippen MR) is 62.3 cm³/mol. The van der Waals surface area contributed by atoms with Gasteiger partial charge in [0.2, 0.25) is 0 Å². The second-order valence-electron chi connectivity index (χ2n) is 3.28. The van der Waals surface area contributed by atoms with Gasteiger partial charge in [0.25, 0.3) is 0 Å². The first-order valence-electron chi connectivity index (χ1n) is 4.81. The van der Waals surface area contributed by atoms with Crippen molar-refractivity contribution in [3.8, 4) is 0 Å². The highest BCUT2D eigenvalue weighted by Crippen LogP contribution is 2.18. The summed E-state index contributed by atoms with van der Waals surface area (Å²) in [6, 6.07) is 6.21. The van der Waals surface area contributed by atoms with Crippen LogP contribution < -0.4 is 5.32 Å². The van der Waals surface area contributed by atoms with Gasteiger partial charge >= 0.3 is 0 Å². The molecule has 2 N–H and O–H groups in total. The molecule has 0 spiro atoms. The standard InChI is InChI=1S/C11H16BrNO/c1-9-10(4-2-5-11(9)12)8-13-6-3-7-14/h2,4-5,13-14H,3,6-8H2,1H3. The van der Waals surface area contributed by atoms with Gasteiger partial charge in [-0.15, -0.1) is 0 Å². The molecule has 1 aromatic carbocycles. The summed E-state index contributed by atoms with van der Waals surface area (Å²) < 4.78 is 1.15. The minimum atomic E-state index is 0.254. The molecule has 1 rings (SSSR count). The van der Waals surface area contributed by atoms with Gasteiger partial charge in [-0.1, -0.05) is 28.1 Å². The maximum absolute atomic E-state index is 8.61. The van der Waals surface area contributed by atoms with Gasteiger partial charge in [-0.2, -0.15) is 0 Å². The van der Waals surface area contributed by atoms with Crippen molar-refractivity contribution in [2.45, 2.75) is 19.9 Å². The highest BCUT2D eigenvalue weighted by atomic mass is 79.9. The van der Waals surface area contributed by atoms with E-state index in [1.54, 1.807) is 0 Å². The lowest BCUT2D eigenvalue weighted by molar-refractivity contribution is 0.286. The third kappa shape index (κ3) is 3.40. The van der Waals surface area contributed by atoms with Crippen molar-refractivity contribution in [1.29, 1.82) is 0 Å². The van der Waals surface area contributed by atoms with Crippen LogP contribution in [0.25, 0.3) is 0 Å². The van der Waals surface area contributed by atoms with E-state index in [1.165, 1.54) is 11.1 Å². The summed E-state index contributed by atoms with van der Waals surface area (Å²) in [7, 11) is 0. The first-order valence-corrected chi connectivity index (χ1v) is 5.60. The molecule has 14 heavy (non-hydrogen) atoms. The van der Waals surface area contributed by atoms with Crippen LogP contribution in [0, 0.1) is 6.92 Å². The number of aliphatic hydroxyl groups is 1. The summed E-state index contributed by atoms with van der Waals surface area (Å²) in [5, 5.41) is 11.9. The zero-order chi connectivity index (χ0) is 10.4. The number of hydrogen-bond donors (Lipinski definition) is 2.